The monoisotopic (exact) mass is 278 g/mol. The van der Waals surface area contributed by atoms with Gasteiger partial charge in [-0.15, -0.1) is 0 Å². The van der Waals surface area contributed by atoms with E-state index in [0.29, 0.717) is 0 Å². The zero-order chi connectivity index (χ0) is 14.5. The van der Waals surface area contributed by atoms with Crippen molar-refractivity contribution in [2.75, 3.05) is 13.7 Å². The summed E-state index contributed by atoms with van der Waals surface area (Å²) in [6, 6.07) is 2.63. The van der Waals surface area contributed by atoms with Crippen LogP contribution in [-0.2, 0) is 16.1 Å². The number of carbonyl (C=O) groups is 2. The molecule has 0 aromatic carbocycles. The lowest BCUT2D eigenvalue weighted by molar-refractivity contribution is -0.141. The average molecular weight is 278 g/mol. The van der Waals surface area contributed by atoms with E-state index in [1.165, 1.54) is 25.4 Å². The van der Waals surface area contributed by atoms with Gasteiger partial charge in [-0.3, -0.25) is 9.59 Å². The number of amides is 1. The van der Waals surface area contributed by atoms with E-state index < -0.39 is 24.6 Å². The molecule has 0 aliphatic rings. The van der Waals surface area contributed by atoms with E-state index >= 15 is 0 Å². The maximum atomic E-state index is 12.3. The van der Waals surface area contributed by atoms with E-state index in [1.54, 1.807) is 0 Å². The Hall–Kier alpha value is -1.99. The van der Waals surface area contributed by atoms with Crippen LogP contribution in [-0.4, -0.2) is 36.3 Å². The third-order valence-corrected chi connectivity index (χ3v) is 2.25. The molecule has 5 nitrogen and oxygen atoms in total. The number of methoxy groups -OCH3 is 1. The molecule has 1 aromatic rings. The summed E-state index contributed by atoms with van der Waals surface area (Å²) in [5, 5.41) is 2.35. The maximum absolute atomic E-state index is 12.3. The fourth-order valence-electron chi connectivity index (χ4n) is 1.42. The smallest absolute Gasteiger partial charge is 0.406 e. The van der Waals surface area contributed by atoms with E-state index in [1.807, 2.05) is 0 Å². The lowest BCUT2D eigenvalue weighted by Crippen LogP contribution is -2.30. The number of nitrogens with one attached hydrogen (secondary N) is 1. The van der Waals surface area contributed by atoms with Crippen molar-refractivity contribution in [3.63, 3.8) is 0 Å². The number of aromatic nitrogens is 1. The fourth-order valence-corrected chi connectivity index (χ4v) is 1.42. The van der Waals surface area contributed by atoms with Crippen LogP contribution in [0.4, 0.5) is 13.2 Å². The molecule has 0 atom stereocenters. The second kappa shape index (κ2) is 6.26. The SMILES string of the molecule is COC(=O)CCNC(=O)c1cccn1CC(F)(F)F. The van der Waals surface area contributed by atoms with Crippen LogP contribution in [0.25, 0.3) is 0 Å². The molecular formula is C11H13F3N2O3. The largest absolute Gasteiger partial charge is 0.469 e. The highest BCUT2D eigenvalue weighted by atomic mass is 19.4. The average Bonchev–Trinajstić information content (AvgIpc) is 2.74. The predicted octanol–water partition coefficient (Wildman–Crippen LogP) is 1.34. The quantitative estimate of drug-likeness (QED) is 0.827. The van der Waals surface area contributed by atoms with E-state index in [4.69, 9.17) is 0 Å². The predicted molar refractivity (Wildman–Crippen MR) is 59.5 cm³/mol. The van der Waals surface area contributed by atoms with Crippen LogP contribution in [0.2, 0.25) is 0 Å². The van der Waals surface area contributed by atoms with Crippen molar-refractivity contribution >= 4 is 11.9 Å². The Morgan fingerprint density at radius 2 is 2.11 bits per heavy atom. The van der Waals surface area contributed by atoms with E-state index in [2.05, 4.69) is 10.1 Å². The number of halogens is 3. The number of rotatable bonds is 5. The molecule has 0 bridgehead atoms. The van der Waals surface area contributed by atoms with Gasteiger partial charge in [0.05, 0.1) is 13.5 Å². The summed E-state index contributed by atoms with van der Waals surface area (Å²) in [6.07, 6.45) is -3.27. The van der Waals surface area contributed by atoms with Crippen LogP contribution < -0.4 is 5.32 Å². The molecule has 8 heteroatoms. The van der Waals surface area contributed by atoms with Crippen molar-refractivity contribution in [2.24, 2.45) is 0 Å². The zero-order valence-electron chi connectivity index (χ0n) is 10.2. The van der Waals surface area contributed by atoms with Gasteiger partial charge in [-0.1, -0.05) is 0 Å². The van der Waals surface area contributed by atoms with E-state index in [0.717, 1.165) is 4.57 Å². The minimum Gasteiger partial charge on any atom is -0.469 e. The number of hydrogen-bond acceptors (Lipinski definition) is 3. The summed E-state index contributed by atoms with van der Waals surface area (Å²) in [6.45, 7) is -1.23. The summed E-state index contributed by atoms with van der Waals surface area (Å²) < 4.78 is 41.9. The Balaban J connectivity index is 2.58. The molecular weight excluding hydrogens is 265 g/mol. The first-order valence-corrected chi connectivity index (χ1v) is 5.40. The zero-order valence-corrected chi connectivity index (χ0v) is 10.2. The molecule has 1 heterocycles. The Bertz CT molecular complexity index is 454. The van der Waals surface area contributed by atoms with Crippen molar-refractivity contribution < 1.29 is 27.5 Å². The van der Waals surface area contributed by atoms with Gasteiger partial charge in [0, 0.05) is 12.7 Å². The summed E-state index contributed by atoms with van der Waals surface area (Å²) >= 11 is 0. The second-order valence-electron chi connectivity index (χ2n) is 3.72. The molecule has 0 fully saturated rings. The fraction of sp³-hybridized carbons (Fsp3) is 0.455. The van der Waals surface area contributed by atoms with Gasteiger partial charge < -0.3 is 14.6 Å². The topological polar surface area (TPSA) is 60.3 Å². The normalized spacial score (nSPS) is 11.2. The van der Waals surface area contributed by atoms with Crippen molar-refractivity contribution in [2.45, 2.75) is 19.1 Å². The third-order valence-electron chi connectivity index (χ3n) is 2.25. The van der Waals surface area contributed by atoms with E-state index in [9.17, 15) is 22.8 Å². The van der Waals surface area contributed by atoms with Crippen LogP contribution in [0, 0.1) is 0 Å². The van der Waals surface area contributed by atoms with Crippen LogP contribution in [0.15, 0.2) is 18.3 Å². The van der Waals surface area contributed by atoms with Crippen molar-refractivity contribution in [1.29, 1.82) is 0 Å². The molecule has 0 aliphatic heterocycles. The lowest BCUT2D eigenvalue weighted by Gasteiger charge is -2.11. The molecule has 0 unspecified atom stereocenters. The molecule has 1 aromatic heterocycles. The number of hydrogen-bond donors (Lipinski definition) is 1. The van der Waals surface area contributed by atoms with Crippen LogP contribution in [0.5, 0.6) is 0 Å². The summed E-state index contributed by atoms with van der Waals surface area (Å²) in [5.74, 6) is -1.18. The Morgan fingerprint density at radius 3 is 2.68 bits per heavy atom. The molecule has 0 saturated carbocycles. The molecule has 0 saturated heterocycles. The Labute approximate surface area is 107 Å². The number of alkyl halides is 3. The Morgan fingerprint density at radius 1 is 1.42 bits per heavy atom. The highest BCUT2D eigenvalue weighted by Crippen LogP contribution is 2.18. The minimum atomic E-state index is -4.40. The molecule has 106 valence electrons. The van der Waals surface area contributed by atoms with Gasteiger partial charge in [-0.2, -0.15) is 13.2 Å². The van der Waals surface area contributed by atoms with E-state index in [-0.39, 0.29) is 18.7 Å². The summed E-state index contributed by atoms with van der Waals surface area (Å²) in [7, 11) is 1.21. The molecule has 19 heavy (non-hydrogen) atoms. The van der Waals surface area contributed by atoms with Gasteiger partial charge in [0.25, 0.3) is 5.91 Å². The number of nitrogens with zero attached hydrogens (tertiary/aromatic N) is 1. The number of carbonyl (C=O) groups excluding carboxylic acids is 2. The maximum Gasteiger partial charge on any atom is 0.406 e. The van der Waals surface area contributed by atoms with Gasteiger partial charge in [0.15, 0.2) is 0 Å². The highest BCUT2D eigenvalue weighted by molar-refractivity contribution is 5.92. The molecule has 0 spiro atoms. The highest BCUT2D eigenvalue weighted by Gasteiger charge is 2.29. The molecule has 1 N–H and O–H groups in total. The van der Waals surface area contributed by atoms with Crippen LogP contribution in [0.1, 0.15) is 16.9 Å². The van der Waals surface area contributed by atoms with Gasteiger partial charge in [0.1, 0.15) is 12.2 Å². The lowest BCUT2D eigenvalue weighted by atomic mass is 10.3. The first-order chi connectivity index (χ1) is 8.83. The molecule has 1 amide bonds. The molecule has 0 aliphatic carbocycles. The van der Waals surface area contributed by atoms with Gasteiger partial charge in [-0.25, -0.2) is 0 Å². The van der Waals surface area contributed by atoms with Gasteiger partial charge in [0.2, 0.25) is 0 Å². The van der Waals surface area contributed by atoms with Crippen molar-refractivity contribution in [1.82, 2.24) is 9.88 Å². The van der Waals surface area contributed by atoms with Crippen LogP contribution >= 0.6 is 0 Å². The van der Waals surface area contributed by atoms with Crippen LogP contribution in [0.3, 0.4) is 0 Å². The van der Waals surface area contributed by atoms with Gasteiger partial charge in [-0.05, 0) is 12.1 Å². The molecule has 0 radical (unpaired) electrons. The van der Waals surface area contributed by atoms with Crippen molar-refractivity contribution in [3.8, 4) is 0 Å². The first kappa shape index (κ1) is 15.1. The summed E-state index contributed by atoms with van der Waals surface area (Å²) in [5.41, 5.74) is -0.109. The molecule has 1 rings (SSSR count). The van der Waals surface area contributed by atoms with Crippen molar-refractivity contribution in [3.05, 3.63) is 24.0 Å². The standard InChI is InChI=1S/C11H13F3N2O3/c1-19-9(17)4-5-15-10(18)8-3-2-6-16(8)7-11(12,13)14/h2-3,6H,4-5,7H2,1H3,(H,15,18). The first-order valence-electron chi connectivity index (χ1n) is 5.40. The Kier molecular flexibility index (Phi) is 4.96. The second-order valence-corrected chi connectivity index (χ2v) is 3.72. The summed E-state index contributed by atoms with van der Waals surface area (Å²) in [4.78, 5) is 22.4. The number of ether oxygens (including phenoxy) is 1. The van der Waals surface area contributed by atoms with Gasteiger partial charge >= 0.3 is 12.1 Å². The third kappa shape index (κ3) is 5.02. The minimum absolute atomic E-state index is 0.00268. The number of esters is 1.